The molecule has 0 bridgehead atoms. The third-order valence-electron chi connectivity index (χ3n) is 3.89. The van der Waals surface area contributed by atoms with Crippen molar-refractivity contribution in [3.63, 3.8) is 0 Å². The van der Waals surface area contributed by atoms with Gasteiger partial charge in [0.1, 0.15) is 18.8 Å². The molecule has 2 saturated heterocycles. The number of imidazole rings is 1. The number of aromatic nitrogens is 4. The fourth-order valence-corrected chi connectivity index (χ4v) is 3.90. The van der Waals surface area contributed by atoms with E-state index in [1.165, 1.54) is 19.8 Å². The molecule has 2 aromatic heterocycles. The standard InChI is InChI=1S/C11H13BN4O6P.C2H6/c1-19-8-7-5(2-20-23(12,18)22-7)21-11(8)16-4-15-6-9(16)13-3-14-10(6)17;1-2/h3-5,7-8,11,18H,2H2,1H3,(H,13,14,17);1-2H3/q+1;/t5-,7+,8?,11-,23?;/m1./s1. The number of rotatable bonds is 2. The number of ether oxygens (including phenoxy) is 2. The van der Waals surface area contributed by atoms with Crippen LogP contribution in [0.15, 0.2) is 17.4 Å². The number of fused-ring (bicyclic) bond motifs is 2. The maximum atomic E-state index is 11.8. The Bertz CT molecular complexity index is 798. The average molecular weight is 369 g/mol. The van der Waals surface area contributed by atoms with Gasteiger partial charge in [-0.25, -0.2) is 14.9 Å². The topological polar surface area (TPSA) is 121 Å². The number of H-pyrrole nitrogens is 1. The van der Waals surface area contributed by atoms with Crippen molar-refractivity contribution < 1.29 is 23.4 Å². The van der Waals surface area contributed by atoms with E-state index < -0.39 is 32.4 Å². The number of methoxy groups -OCH3 is 1. The molecule has 2 N–H and O–H groups in total. The summed E-state index contributed by atoms with van der Waals surface area (Å²) < 4.78 is 23.5. The van der Waals surface area contributed by atoms with Crippen LogP contribution in [-0.2, 0) is 18.5 Å². The van der Waals surface area contributed by atoms with Crippen molar-refractivity contribution in [3.05, 3.63) is 23.0 Å². The Labute approximate surface area is 145 Å². The molecule has 4 rings (SSSR count). The Hall–Kier alpha value is -1.36. The van der Waals surface area contributed by atoms with Crippen molar-refractivity contribution >= 4 is 26.6 Å². The van der Waals surface area contributed by atoms with Gasteiger partial charge in [-0.15, -0.1) is 0 Å². The predicted octanol–water partition coefficient (Wildman–Crippen LogP) is 0.312. The van der Waals surface area contributed by atoms with Crippen molar-refractivity contribution in [3.8, 4) is 0 Å². The summed E-state index contributed by atoms with van der Waals surface area (Å²) in [4.78, 5) is 32.2. The van der Waals surface area contributed by atoms with Crippen LogP contribution in [0.25, 0.3) is 11.2 Å². The van der Waals surface area contributed by atoms with Crippen LogP contribution in [0.3, 0.4) is 0 Å². The second-order valence-electron chi connectivity index (χ2n) is 5.25. The van der Waals surface area contributed by atoms with E-state index in [9.17, 15) is 9.69 Å². The zero-order valence-electron chi connectivity index (χ0n) is 14.0. The van der Waals surface area contributed by atoms with Crippen LogP contribution in [0.1, 0.15) is 20.1 Å². The van der Waals surface area contributed by atoms with E-state index in [1.807, 2.05) is 13.8 Å². The maximum Gasteiger partial charge on any atom is 0.488 e. The minimum atomic E-state index is -3.37. The van der Waals surface area contributed by atoms with Crippen molar-refractivity contribution in [1.29, 1.82) is 0 Å². The number of hydrogen-bond donors (Lipinski definition) is 2. The lowest BCUT2D eigenvalue weighted by atomic mass is 10.1. The van der Waals surface area contributed by atoms with Crippen molar-refractivity contribution in [2.75, 3.05) is 13.7 Å². The fourth-order valence-electron chi connectivity index (χ4n) is 2.88. The van der Waals surface area contributed by atoms with Gasteiger partial charge in [0.15, 0.2) is 23.5 Å². The van der Waals surface area contributed by atoms with Gasteiger partial charge in [-0.2, -0.15) is 9.05 Å². The van der Waals surface area contributed by atoms with E-state index in [1.54, 1.807) is 4.57 Å². The van der Waals surface area contributed by atoms with Gasteiger partial charge in [0.2, 0.25) is 0 Å². The van der Waals surface area contributed by atoms with E-state index >= 15 is 0 Å². The van der Waals surface area contributed by atoms with Crippen molar-refractivity contribution in [2.24, 2.45) is 0 Å². The molecule has 0 spiro atoms. The molecule has 2 unspecified atom stereocenters. The summed E-state index contributed by atoms with van der Waals surface area (Å²) >= 11 is 0. The van der Waals surface area contributed by atoms with Crippen LogP contribution < -0.4 is 5.56 Å². The SMILES string of the molecule is CC.[B][P+]1(O)OC[C@H]2O[C@@H](n3cnc4c(=O)[nH]cnc43)C(OC)[C@H]2O1. The molecule has 0 aliphatic carbocycles. The molecule has 5 atom stereocenters. The highest BCUT2D eigenvalue weighted by Gasteiger charge is 2.57. The summed E-state index contributed by atoms with van der Waals surface area (Å²) in [5, 5.41) is 0. The largest absolute Gasteiger partial charge is 0.488 e. The zero-order chi connectivity index (χ0) is 18.2. The average Bonchev–Trinajstić information content (AvgIpc) is 3.17. The molecule has 2 aliphatic heterocycles. The minimum absolute atomic E-state index is 0.0858. The van der Waals surface area contributed by atoms with Gasteiger partial charge in [0, 0.05) is 7.11 Å². The molecule has 134 valence electrons. The van der Waals surface area contributed by atoms with Gasteiger partial charge in [-0.05, 0) is 0 Å². The summed E-state index contributed by atoms with van der Waals surface area (Å²) in [6.45, 7) is 4.09. The van der Waals surface area contributed by atoms with Crippen LogP contribution in [0.2, 0.25) is 0 Å². The van der Waals surface area contributed by atoms with Gasteiger partial charge < -0.3 is 14.5 Å². The molecule has 25 heavy (non-hydrogen) atoms. The molecular weight excluding hydrogens is 350 g/mol. The third kappa shape index (κ3) is 3.23. The zero-order valence-corrected chi connectivity index (χ0v) is 14.9. The molecule has 2 radical (unpaired) electrons. The number of hydrogen-bond acceptors (Lipinski definition) is 8. The number of nitrogens with zero attached hydrogens (tertiary/aromatic N) is 3. The molecule has 12 heteroatoms. The lowest BCUT2D eigenvalue weighted by molar-refractivity contribution is -0.0617. The lowest BCUT2D eigenvalue weighted by Gasteiger charge is -2.29. The van der Waals surface area contributed by atoms with Crippen LogP contribution in [0.4, 0.5) is 0 Å². The van der Waals surface area contributed by atoms with Crippen LogP contribution in [0, 0.1) is 0 Å². The van der Waals surface area contributed by atoms with Crippen molar-refractivity contribution in [2.45, 2.75) is 38.4 Å². The first-order chi connectivity index (χ1) is 12.0. The quantitative estimate of drug-likeness (QED) is 0.573. The smallest absolute Gasteiger partial charge is 0.374 e. The first kappa shape index (κ1) is 18.4. The summed E-state index contributed by atoms with van der Waals surface area (Å²) in [5.74, 6) is 0. The number of aromatic amines is 1. The molecule has 2 aliphatic rings. The van der Waals surface area contributed by atoms with Gasteiger partial charge in [-0.3, -0.25) is 9.36 Å². The molecule has 0 aromatic carbocycles. The lowest BCUT2D eigenvalue weighted by Crippen LogP contribution is -2.41. The summed E-state index contributed by atoms with van der Waals surface area (Å²) in [5.41, 5.74) is 0.207. The van der Waals surface area contributed by atoms with E-state index in [0.29, 0.717) is 5.65 Å². The Morgan fingerprint density at radius 2 is 2.24 bits per heavy atom. The third-order valence-corrected chi connectivity index (χ3v) is 4.96. The van der Waals surface area contributed by atoms with E-state index in [0.717, 1.165) is 0 Å². The van der Waals surface area contributed by atoms with Crippen LogP contribution in [0.5, 0.6) is 0 Å². The highest BCUT2D eigenvalue weighted by molar-refractivity contribution is 7.85. The second kappa shape index (κ2) is 7.10. The Morgan fingerprint density at radius 1 is 1.48 bits per heavy atom. The molecule has 0 amide bonds. The van der Waals surface area contributed by atoms with Crippen molar-refractivity contribution in [1.82, 2.24) is 19.5 Å². The summed E-state index contributed by atoms with van der Waals surface area (Å²) in [6, 6.07) is 0. The molecule has 2 aromatic rings. The predicted molar refractivity (Wildman–Crippen MR) is 89.9 cm³/mol. The van der Waals surface area contributed by atoms with Gasteiger partial charge >= 0.3 is 15.4 Å². The summed E-state index contributed by atoms with van der Waals surface area (Å²) in [7, 11) is 3.68. The molecule has 2 fully saturated rings. The van der Waals surface area contributed by atoms with Crippen LogP contribution >= 0.6 is 7.82 Å². The molecule has 0 saturated carbocycles. The molecular formula is C13H19BN4O6P+. The minimum Gasteiger partial charge on any atom is -0.374 e. The van der Waals surface area contributed by atoms with E-state index in [4.69, 9.17) is 26.1 Å². The molecule has 4 heterocycles. The molecule has 10 nitrogen and oxygen atoms in total. The number of nitrogens with one attached hydrogen (secondary N) is 1. The maximum absolute atomic E-state index is 11.8. The van der Waals surface area contributed by atoms with E-state index in [2.05, 4.69) is 15.0 Å². The Morgan fingerprint density at radius 3 is 2.96 bits per heavy atom. The Balaban J connectivity index is 0.000000880. The van der Waals surface area contributed by atoms with Crippen LogP contribution in [-0.4, -0.2) is 64.0 Å². The van der Waals surface area contributed by atoms with Gasteiger partial charge in [0.25, 0.3) is 5.56 Å². The normalized spacial score (nSPS) is 34.4. The monoisotopic (exact) mass is 369 g/mol. The van der Waals surface area contributed by atoms with Gasteiger partial charge in [-0.1, -0.05) is 13.8 Å². The Kier molecular flexibility index (Phi) is 5.24. The van der Waals surface area contributed by atoms with E-state index in [-0.39, 0.29) is 17.7 Å². The second-order valence-corrected chi connectivity index (χ2v) is 6.85. The first-order valence-corrected chi connectivity index (χ1v) is 9.46. The first-order valence-electron chi connectivity index (χ1n) is 7.82. The highest BCUT2D eigenvalue weighted by atomic mass is 31.2. The summed E-state index contributed by atoms with van der Waals surface area (Å²) in [6.07, 6.45) is 0.463. The highest BCUT2D eigenvalue weighted by Crippen LogP contribution is 2.58. The fraction of sp³-hybridized carbons (Fsp3) is 0.615. The van der Waals surface area contributed by atoms with Gasteiger partial charge in [0.05, 0.1) is 12.7 Å².